The van der Waals surface area contributed by atoms with Crippen LogP contribution in [0, 0.1) is 6.92 Å². The number of ether oxygens (including phenoxy) is 1. The van der Waals surface area contributed by atoms with E-state index < -0.39 is 0 Å². The highest BCUT2D eigenvalue weighted by molar-refractivity contribution is 5.29. The Morgan fingerprint density at radius 2 is 1.52 bits per heavy atom. The van der Waals surface area contributed by atoms with E-state index >= 15 is 0 Å². The fraction of sp³-hybridized carbons (Fsp3) is 0.280. The molecule has 0 saturated heterocycles. The van der Waals surface area contributed by atoms with Gasteiger partial charge in [-0.3, -0.25) is 0 Å². The molecule has 1 unspecified atom stereocenters. The maximum Gasteiger partial charge on any atom is 0.119 e. The zero-order valence-electron chi connectivity index (χ0n) is 16.3. The van der Waals surface area contributed by atoms with Crippen LogP contribution in [0.5, 0.6) is 5.75 Å². The van der Waals surface area contributed by atoms with Gasteiger partial charge in [0.15, 0.2) is 0 Å². The van der Waals surface area contributed by atoms with Crippen LogP contribution in [-0.4, -0.2) is 6.04 Å². The minimum absolute atomic E-state index is 0.488. The smallest absolute Gasteiger partial charge is 0.119 e. The molecule has 0 aliphatic heterocycles. The second-order valence-electron chi connectivity index (χ2n) is 7.17. The summed E-state index contributed by atoms with van der Waals surface area (Å²) in [7, 11) is 0. The molecular weight excluding hydrogens is 330 g/mol. The summed E-state index contributed by atoms with van der Waals surface area (Å²) in [6.45, 7) is 5.86. The molecule has 3 aromatic rings. The third-order valence-corrected chi connectivity index (χ3v) is 4.94. The monoisotopic (exact) mass is 359 g/mol. The van der Waals surface area contributed by atoms with Gasteiger partial charge in [0.25, 0.3) is 0 Å². The Bertz CT molecular complexity index is 811. The van der Waals surface area contributed by atoms with E-state index in [0.717, 1.165) is 25.1 Å². The first kappa shape index (κ1) is 19.2. The highest BCUT2D eigenvalue weighted by Crippen LogP contribution is 2.16. The molecular formula is C25H29NO. The van der Waals surface area contributed by atoms with Crippen molar-refractivity contribution in [2.24, 2.45) is 0 Å². The predicted molar refractivity (Wildman–Crippen MR) is 113 cm³/mol. The maximum atomic E-state index is 5.92. The molecule has 27 heavy (non-hydrogen) atoms. The van der Waals surface area contributed by atoms with Crippen LogP contribution in [0.25, 0.3) is 0 Å². The third kappa shape index (κ3) is 6.26. The fourth-order valence-corrected chi connectivity index (χ4v) is 3.06. The Morgan fingerprint density at radius 1 is 0.815 bits per heavy atom. The van der Waals surface area contributed by atoms with Gasteiger partial charge in [-0.2, -0.15) is 0 Å². The number of rotatable bonds is 9. The van der Waals surface area contributed by atoms with Crippen LogP contribution in [0.4, 0.5) is 0 Å². The van der Waals surface area contributed by atoms with Crippen molar-refractivity contribution in [2.45, 2.75) is 45.9 Å². The Kier molecular flexibility index (Phi) is 7.06. The zero-order chi connectivity index (χ0) is 18.9. The molecule has 0 fully saturated rings. The van der Waals surface area contributed by atoms with Crippen LogP contribution in [0.15, 0.2) is 78.9 Å². The highest BCUT2D eigenvalue weighted by Gasteiger charge is 2.03. The average Bonchev–Trinajstić information content (AvgIpc) is 2.72. The van der Waals surface area contributed by atoms with Crippen molar-refractivity contribution in [3.63, 3.8) is 0 Å². The van der Waals surface area contributed by atoms with E-state index in [-0.39, 0.29) is 0 Å². The van der Waals surface area contributed by atoms with E-state index in [1.807, 2.05) is 0 Å². The number of benzene rings is 3. The van der Waals surface area contributed by atoms with Gasteiger partial charge >= 0.3 is 0 Å². The summed E-state index contributed by atoms with van der Waals surface area (Å²) >= 11 is 0. The van der Waals surface area contributed by atoms with E-state index in [2.05, 4.69) is 98.0 Å². The molecule has 2 nitrogen and oxygen atoms in total. The number of aryl methyl sites for hydroxylation is 2. The molecule has 1 atom stereocenters. The molecule has 0 aliphatic rings. The van der Waals surface area contributed by atoms with E-state index in [9.17, 15) is 0 Å². The molecule has 0 saturated carbocycles. The summed E-state index contributed by atoms with van der Waals surface area (Å²) in [5, 5.41) is 3.61. The number of nitrogens with one attached hydrogen (secondary N) is 1. The van der Waals surface area contributed by atoms with Crippen molar-refractivity contribution in [1.82, 2.24) is 5.32 Å². The number of hydrogen-bond donors (Lipinski definition) is 1. The van der Waals surface area contributed by atoms with Crippen LogP contribution in [0.2, 0.25) is 0 Å². The summed E-state index contributed by atoms with van der Waals surface area (Å²) in [4.78, 5) is 0. The predicted octanol–water partition coefficient (Wildman–Crippen LogP) is 5.68. The molecule has 0 bridgehead atoms. The van der Waals surface area contributed by atoms with Gasteiger partial charge in [-0.15, -0.1) is 0 Å². The second-order valence-corrected chi connectivity index (χ2v) is 7.17. The minimum Gasteiger partial charge on any atom is -0.489 e. The van der Waals surface area contributed by atoms with E-state index in [4.69, 9.17) is 4.74 Å². The van der Waals surface area contributed by atoms with Gasteiger partial charge in [-0.25, -0.2) is 0 Å². The van der Waals surface area contributed by atoms with Crippen LogP contribution < -0.4 is 10.1 Å². The van der Waals surface area contributed by atoms with Gasteiger partial charge in [0, 0.05) is 12.6 Å². The molecule has 0 aliphatic carbocycles. The van der Waals surface area contributed by atoms with Gasteiger partial charge in [-0.1, -0.05) is 66.7 Å². The van der Waals surface area contributed by atoms with E-state index in [1.54, 1.807) is 0 Å². The topological polar surface area (TPSA) is 21.3 Å². The quantitative estimate of drug-likeness (QED) is 0.530. The lowest BCUT2D eigenvalue weighted by atomic mass is 10.1. The molecule has 1 N–H and O–H groups in total. The van der Waals surface area contributed by atoms with Crippen LogP contribution in [-0.2, 0) is 19.6 Å². The first-order valence-electron chi connectivity index (χ1n) is 9.74. The minimum atomic E-state index is 0.488. The average molecular weight is 360 g/mol. The van der Waals surface area contributed by atoms with Crippen molar-refractivity contribution in [3.8, 4) is 5.75 Å². The van der Waals surface area contributed by atoms with Crippen molar-refractivity contribution >= 4 is 0 Å². The van der Waals surface area contributed by atoms with Crippen LogP contribution in [0.3, 0.4) is 0 Å². The molecule has 3 aromatic carbocycles. The molecule has 3 rings (SSSR count). The van der Waals surface area contributed by atoms with E-state index in [0.29, 0.717) is 12.6 Å². The van der Waals surface area contributed by atoms with Crippen molar-refractivity contribution < 1.29 is 4.74 Å². The molecule has 140 valence electrons. The summed E-state index contributed by atoms with van der Waals surface area (Å²) in [6.07, 6.45) is 2.25. The first-order chi connectivity index (χ1) is 13.2. The van der Waals surface area contributed by atoms with Gasteiger partial charge in [0.1, 0.15) is 12.4 Å². The lowest BCUT2D eigenvalue weighted by molar-refractivity contribution is 0.305. The standard InChI is InChI=1S/C25H29NO/c1-20-8-6-7-11-24(20)19-27-25-16-14-23(15-17-25)18-26-21(2)12-13-22-9-4-3-5-10-22/h3-11,14-17,21,26H,12-13,18-19H2,1-2H3. The summed E-state index contributed by atoms with van der Waals surface area (Å²) in [5.74, 6) is 0.916. The first-order valence-corrected chi connectivity index (χ1v) is 9.74. The normalized spacial score (nSPS) is 11.9. The fourth-order valence-electron chi connectivity index (χ4n) is 3.06. The highest BCUT2D eigenvalue weighted by atomic mass is 16.5. The molecule has 0 radical (unpaired) electrons. The van der Waals surface area contributed by atoms with Crippen LogP contribution in [0.1, 0.15) is 35.6 Å². The van der Waals surface area contributed by atoms with Crippen molar-refractivity contribution in [1.29, 1.82) is 0 Å². The Morgan fingerprint density at radius 3 is 2.26 bits per heavy atom. The summed E-state index contributed by atoms with van der Waals surface area (Å²) < 4.78 is 5.92. The van der Waals surface area contributed by atoms with Gasteiger partial charge in [-0.05, 0) is 61.1 Å². The van der Waals surface area contributed by atoms with Crippen molar-refractivity contribution in [3.05, 3.63) is 101 Å². The molecule has 0 heterocycles. The summed E-state index contributed by atoms with van der Waals surface area (Å²) in [6, 6.07) is 27.9. The molecule has 2 heteroatoms. The van der Waals surface area contributed by atoms with Crippen LogP contribution >= 0.6 is 0 Å². The maximum absolute atomic E-state index is 5.92. The van der Waals surface area contributed by atoms with Gasteiger partial charge in [0.2, 0.25) is 0 Å². The third-order valence-electron chi connectivity index (χ3n) is 4.94. The molecule has 0 aromatic heterocycles. The SMILES string of the molecule is Cc1ccccc1COc1ccc(CNC(C)CCc2ccccc2)cc1. The molecule has 0 spiro atoms. The lowest BCUT2D eigenvalue weighted by Crippen LogP contribution is -2.25. The summed E-state index contributed by atoms with van der Waals surface area (Å²) in [5.41, 5.74) is 5.18. The Labute approximate surface area is 163 Å². The number of hydrogen-bond acceptors (Lipinski definition) is 2. The van der Waals surface area contributed by atoms with Gasteiger partial charge in [0.05, 0.1) is 0 Å². The lowest BCUT2D eigenvalue weighted by Gasteiger charge is -2.14. The van der Waals surface area contributed by atoms with Gasteiger partial charge < -0.3 is 10.1 Å². The Balaban J connectivity index is 1.41. The van der Waals surface area contributed by atoms with E-state index in [1.165, 1.54) is 22.3 Å². The molecule has 0 amide bonds. The largest absolute Gasteiger partial charge is 0.489 e. The van der Waals surface area contributed by atoms with Crippen molar-refractivity contribution in [2.75, 3.05) is 0 Å². The Hall–Kier alpha value is -2.58. The zero-order valence-corrected chi connectivity index (χ0v) is 16.3. The second kappa shape index (κ2) is 9.94.